The number of likely N-dealkylation sites (N-methyl/N-ethyl adjacent to an activating group) is 1. The van der Waals surface area contributed by atoms with Gasteiger partial charge in [-0.1, -0.05) is 73.7 Å². The standard InChI is InChI=1S/C20H23N.ClHO4/c1-4-19-20(16(2)15-21(19)3,17-11-7-5-8-12-17)18-13-9-6-10-14-18;2-1(3,4)5/h4-14,16H,15H2,1-3H3;(H,2,3,4,5). The molecule has 1 aliphatic heterocycles. The molecule has 140 valence electrons. The van der Waals surface area contributed by atoms with Crippen molar-refractivity contribution in [2.24, 2.45) is 5.92 Å². The summed E-state index contributed by atoms with van der Waals surface area (Å²) in [6.07, 6.45) is 2.28. The Morgan fingerprint density at radius 3 is 1.73 bits per heavy atom. The first-order valence-electron chi connectivity index (χ1n) is 8.33. The lowest BCUT2D eigenvalue weighted by Gasteiger charge is -2.36. The van der Waals surface area contributed by atoms with E-state index < -0.39 is 10.2 Å². The molecule has 1 unspecified atom stereocenters. The van der Waals surface area contributed by atoms with Crippen molar-refractivity contribution in [2.45, 2.75) is 19.3 Å². The van der Waals surface area contributed by atoms with Crippen LogP contribution in [-0.4, -0.2) is 23.2 Å². The van der Waals surface area contributed by atoms with Gasteiger partial charge < -0.3 is 4.90 Å². The number of allylic oxidation sites excluding steroid dienone is 2. The Bertz CT molecular complexity index is 683. The van der Waals surface area contributed by atoms with E-state index in [0.717, 1.165) is 6.54 Å². The molecule has 1 N–H and O–H groups in total. The van der Waals surface area contributed by atoms with Crippen molar-refractivity contribution < 1.29 is 28.9 Å². The van der Waals surface area contributed by atoms with Gasteiger partial charge in [0, 0.05) is 19.3 Å². The van der Waals surface area contributed by atoms with Crippen LogP contribution in [0.3, 0.4) is 0 Å². The lowest BCUT2D eigenvalue weighted by molar-refractivity contribution is -1.92. The summed E-state index contributed by atoms with van der Waals surface area (Å²) in [6, 6.07) is 21.9. The zero-order valence-corrected chi connectivity index (χ0v) is 15.9. The third-order valence-electron chi connectivity index (χ3n) is 4.83. The van der Waals surface area contributed by atoms with Gasteiger partial charge in [0.15, 0.2) is 0 Å². The first kappa shape index (κ1) is 20.4. The van der Waals surface area contributed by atoms with E-state index in [2.05, 4.69) is 92.5 Å². The Morgan fingerprint density at radius 1 is 1.00 bits per heavy atom. The summed E-state index contributed by atoms with van der Waals surface area (Å²) in [5.74, 6) is 0.540. The minimum atomic E-state index is -4.69. The van der Waals surface area contributed by atoms with Crippen molar-refractivity contribution in [3.8, 4) is 0 Å². The van der Waals surface area contributed by atoms with E-state index in [1.54, 1.807) is 0 Å². The van der Waals surface area contributed by atoms with Gasteiger partial charge in [0.25, 0.3) is 0 Å². The molecule has 1 aliphatic rings. The molecule has 2 aromatic rings. The molecule has 0 saturated carbocycles. The van der Waals surface area contributed by atoms with Gasteiger partial charge >= 0.3 is 0 Å². The number of rotatable bonds is 2. The second kappa shape index (κ2) is 8.20. The van der Waals surface area contributed by atoms with Gasteiger partial charge in [-0.05, 0) is 24.0 Å². The van der Waals surface area contributed by atoms with Gasteiger partial charge in [-0.2, -0.15) is 14.0 Å². The highest BCUT2D eigenvalue weighted by Gasteiger charge is 2.49. The number of hydrogen-bond donors (Lipinski definition) is 1. The second-order valence-electron chi connectivity index (χ2n) is 6.39. The zero-order chi connectivity index (χ0) is 19.4. The van der Waals surface area contributed by atoms with Gasteiger partial charge in [0.1, 0.15) is 0 Å². The van der Waals surface area contributed by atoms with Gasteiger partial charge in [0.2, 0.25) is 0 Å². The average molecular weight is 378 g/mol. The summed E-state index contributed by atoms with van der Waals surface area (Å²) < 4.78 is 32.7. The van der Waals surface area contributed by atoms with Crippen LogP contribution >= 0.6 is 0 Å². The largest absolute Gasteiger partial charge is 0.377 e. The molecule has 0 bridgehead atoms. The molecule has 26 heavy (non-hydrogen) atoms. The molecule has 0 aliphatic carbocycles. The van der Waals surface area contributed by atoms with Crippen LogP contribution in [0, 0.1) is 16.2 Å². The topological polar surface area (TPSA) is 92.7 Å². The molecule has 1 fully saturated rings. The summed E-state index contributed by atoms with van der Waals surface area (Å²) in [4.78, 5) is 2.41. The fraction of sp³-hybridized carbons (Fsp3) is 0.300. The van der Waals surface area contributed by atoms with Crippen molar-refractivity contribution in [2.75, 3.05) is 13.6 Å². The van der Waals surface area contributed by atoms with E-state index in [9.17, 15) is 0 Å². The smallest absolute Gasteiger partial charge is 0.0777 e. The monoisotopic (exact) mass is 377 g/mol. The molecular weight excluding hydrogens is 354 g/mol. The zero-order valence-electron chi connectivity index (χ0n) is 15.1. The first-order chi connectivity index (χ1) is 12.2. The fourth-order valence-electron chi connectivity index (χ4n) is 4.08. The molecule has 0 radical (unpaired) electrons. The SMILES string of the molecule is CC=C1N(C)CC(C)C1(c1ccccc1)c1ccccc1.[O-][Cl+3]([O-])([O-])O. The molecule has 6 heteroatoms. The second-order valence-corrected chi connectivity index (χ2v) is 7.18. The Labute approximate surface area is 156 Å². The van der Waals surface area contributed by atoms with E-state index in [4.69, 9.17) is 18.6 Å². The van der Waals surface area contributed by atoms with E-state index in [-0.39, 0.29) is 5.41 Å². The lowest BCUT2D eigenvalue weighted by atomic mass is 9.66. The maximum Gasteiger partial charge on any atom is 0.0777 e. The Hall–Kier alpha value is -1.89. The quantitative estimate of drug-likeness (QED) is 0.814. The van der Waals surface area contributed by atoms with Crippen LogP contribution in [0.2, 0.25) is 0 Å². The Kier molecular flexibility index (Phi) is 6.44. The van der Waals surface area contributed by atoms with Gasteiger partial charge in [-0.15, -0.1) is 0 Å². The summed E-state index contributed by atoms with van der Waals surface area (Å²) in [7, 11) is -2.49. The predicted octanol–water partition coefficient (Wildman–Crippen LogP) is 0.334. The van der Waals surface area contributed by atoms with E-state index in [1.807, 2.05) is 0 Å². The number of nitrogens with zero attached hydrogens (tertiary/aromatic N) is 1. The van der Waals surface area contributed by atoms with Gasteiger partial charge in [-0.25, -0.2) is 0 Å². The molecule has 1 heterocycles. The third kappa shape index (κ3) is 4.26. The van der Waals surface area contributed by atoms with Crippen molar-refractivity contribution in [3.63, 3.8) is 0 Å². The first-order valence-corrected chi connectivity index (χ1v) is 9.59. The minimum Gasteiger partial charge on any atom is -0.377 e. The number of halogens is 1. The van der Waals surface area contributed by atoms with Crippen LogP contribution in [0.1, 0.15) is 25.0 Å². The van der Waals surface area contributed by atoms with E-state index in [1.165, 1.54) is 16.8 Å². The maximum absolute atomic E-state index is 8.60. The number of benzene rings is 2. The van der Waals surface area contributed by atoms with Crippen molar-refractivity contribution in [1.29, 1.82) is 0 Å². The van der Waals surface area contributed by atoms with Crippen LogP contribution in [0.4, 0.5) is 0 Å². The van der Waals surface area contributed by atoms with Gasteiger partial charge in [0.05, 0.1) is 20.3 Å². The summed E-state index contributed by atoms with van der Waals surface area (Å²) in [6.45, 7) is 5.61. The molecule has 1 atom stereocenters. The highest BCUT2D eigenvalue weighted by molar-refractivity contribution is 5.51. The fourth-order valence-corrected chi connectivity index (χ4v) is 4.08. The van der Waals surface area contributed by atoms with Crippen LogP contribution in [0.15, 0.2) is 72.4 Å². The maximum atomic E-state index is 8.60. The number of likely N-dealkylation sites (tertiary alicyclic amines) is 1. The summed E-state index contributed by atoms with van der Waals surface area (Å²) in [5, 5.41) is 0. The molecule has 0 amide bonds. The molecular formula is C20H24ClNO4. The van der Waals surface area contributed by atoms with E-state index >= 15 is 0 Å². The molecule has 2 aromatic carbocycles. The highest BCUT2D eigenvalue weighted by atomic mass is 35.7. The van der Waals surface area contributed by atoms with Crippen molar-refractivity contribution in [1.82, 2.24) is 4.90 Å². The predicted molar refractivity (Wildman–Crippen MR) is 91.4 cm³/mol. The molecule has 0 aromatic heterocycles. The normalized spacial score (nSPS) is 20.7. The van der Waals surface area contributed by atoms with Crippen molar-refractivity contribution in [3.05, 3.63) is 83.6 Å². The van der Waals surface area contributed by atoms with Crippen LogP contribution in [0.25, 0.3) is 0 Å². The minimum absolute atomic E-state index is 0.0357. The molecule has 1 saturated heterocycles. The molecule has 0 spiro atoms. The van der Waals surface area contributed by atoms with Gasteiger partial charge in [-0.3, -0.25) is 0 Å². The summed E-state index contributed by atoms with van der Waals surface area (Å²) >= 11 is 0. The number of hydrogen-bond acceptors (Lipinski definition) is 5. The lowest BCUT2D eigenvalue weighted by Crippen LogP contribution is -2.58. The van der Waals surface area contributed by atoms with Crippen LogP contribution < -0.4 is 14.0 Å². The molecule has 5 nitrogen and oxygen atoms in total. The highest BCUT2D eigenvalue weighted by Crippen LogP contribution is 2.50. The van der Waals surface area contributed by atoms with Crippen LogP contribution in [0.5, 0.6) is 0 Å². The average Bonchev–Trinajstić information content (AvgIpc) is 2.85. The Morgan fingerprint density at radius 2 is 1.38 bits per heavy atom. The third-order valence-corrected chi connectivity index (χ3v) is 4.83. The molecule has 3 rings (SSSR count). The summed E-state index contributed by atoms with van der Waals surface area (Å²) in [5.41, 5.74) is 4.15. The Balaban J connectivity index is 0.000000431. The van der Waals surface area contributed by atoms with Crippen molar-refractivity contribution >= 4 is 0 Å². The van der Waals surface area contributed by atoms with Crippen LogP contribution in [-0.2, 0) is 5.41 Å². The van der Waals surface area contributed by atoms with E-state index in [0.29, 0.717) is 5.92 Å².